The van der Waals surface area contributed by atoms with E-state index in [2.05, 4.69) is 51.1 Å². The molecule has 0 bridgehead atoms. The van der Waals surface area contributed by atoms with Crippen LogP contribution < -0.4 is 4.74 Å². The first-order chi connectivity index (χ1) is 14.3. The van der Waals surface area contributed by atoms with E-state index in [1.165, 1.54) is 11.1 Å². The van der Waals surface area contributed by atoms with Crippen molar-refractivity contribution in [1.29, 1.82) is 0 Å². The quantitative estimate of drug-likeness (QED) is 0.542. The van der Waals surface area contributed by atoms with Crippen molar-refractivity contribution in [3.05, 3.63) is 53.6 Å². The van der Waals surface area contributed by atoms with Crippen LogP contribution in [0.3, 0.4) is 0 Å². The number of allylic oxidation sites excluding steroid dienone is 2. The van der Waals surface area contributed by atoms with E-state index in [9.17, 15) is 10.2 Å². The van der Waals surface area contributed by atoms with Gasteiger partial charge in [0.15, 0.2) is 0 Å². The van der Waals surface area contributed by atoms with Gasteiger partial charge in [0.25, 0.3) is 0 Å². The first-order valence-electron chi connectivity index (χ1n) is 10.4. The highest BCUT2D eigenvalue weighted by atomic mass is 16.5. The van der Waals surface area contributed by atoms with E-state index < -0.39 is 12.2 Å². The fourth-order valence-corrected chi connectivity index (χ4v) is 3.46. The number of aliphatic hydroxyl groups is 2. The molecule has 0 aliphatic heterocycles. The number of hydrogen-bond donors (Lipinski definition) is 2. The van der Waals surface area contributed by atoms with Crippen LogP contribution >= 0.6 is 0 Å². The summed E-state index contributed by atoms with van der Waals surface area (Å²) >= 11 is 0. The molecule has 2 rings (SSSR count). The van der Waals surface area contributed by atoms with E-state index in [0.717, 1.165) is 0 Å². The first kappa shape index (κ1) is 24.6. The van der Waals surface area contributed by atoms with Crippen LogP contribution in [0.2, 0.25) is 0 Å². The first-order valence-corrected chi connectivity index (χ1v) is 10.4. The summed E-state index contributed by atoms with van der Waals surface area (Å²) in [5, 5.41) is 19.5. The van der Waals surface area contributed by atoms with Gasteiger partial charge in [-0.2, -0.15) is 0 Å². The predicted octanol–water partition coefficient (Wildman–Crippen LogP) is 2.88. The smallest absolute Gasteiger partial charge is 0.119 e. The Labute approximate surface area is 180 Å². The van der Waals surface area contributed by atoms with Gasteiger partial charge < -0.3 is 29.2 Å². The Morgan fingerprint density at radius 1 is 0.933 bits per heavy atom. The van der Waals surface area contributed by atoms with Crippen molar-refractivity contribution in [3.8, 4) is 5.75 Å². The standard InChI is InChI=1S/C24H36O6/c1-17-12-19(8-11-23(17)30-16-21(26)14-28-5)24(2,3)18-6-9-22(10-7-18)29-15-20(25)13-27-4/h6-12,17,20-21,23,25-26H,13-16H2,1-5H3. The summed E-state index contributed by atoms with van der Waals surface area (Å²) in [6, 6.07) is 7.97. The van der Waals surface area contributed by atoms with Gasteiger partial charge in [0.1, 0.15) is 24.6 Å². The maximum absolute atomic E-state index is 9.79. The third-order valence-electron chi connectivity index (χ3n) is 5.37. The summed E-state index contributed by atoms with van der Waals surface area (Å²) in [4.78, 5) is 0. The lowest BCUT2D eigenvalue weighted by molar-refractivity contribution is -0.0318. The van der Waals surface area contributed by atoms with E-state index in [1.807, 2.05) is 12.1 Å². The zero-order valence-corrected chi connectivity index (χ0v) is 18.7. The molecule has 0 heterocycles. The van der Waals surface area contributed by atoms with Crippen LogP contribution in [0.5, 0.6) is 5.75 Å². The Kier molecular flexibility index (Phi) is 9.52. The van der Waals surface area contributed by atoms with Crippen LogP contribution in [-0.2, 0) is 19.6 Å². The van der Waals surface area contributed by atoms with Gasteiger partial charge in [0.05, 0.1) is 25.9 Å². The van der Waals surface area contributed by atoms with Gasteiger partial charge in [0, 0.05) is 25.6 Å². The minimum Gasteiger partial charge on any atom is -0.491 e. The number of methoxy groups -OCH3 is 2. The lowest BCUT2D eigenvalue weighted by Crippen LogP contribution is -2.30. The molecular weight excluding hydrogens is 384 g/mol. The third-order valence-corrected chi connectivity index (χ3v) is 5.37. The molecule has 168 valence electrons. The Balaban J connectivity index is 1.98. The van der Waals surface area contributed by atoms with E-state index in [1.54, 1.807) is 14.2 Å². The molecule has 4 unspecified atom stereocenters. The highest BCUT2D eigenvalue weighted by molar-refractivity contribution is 5.44. The van der Waals surface area contributed by atoms with Crippen LogP contribution in [0.4, 0.5) is 0 Å². The minimum atomic E-state index is -0.643. The highest BCUT2D eigenvalue weighted by Crippen LogP contribution is 2.36. The van der Waals surface area contributed by atoms with E-state index in [4.69, 9.17) is 18.9 Å². The van der Waals surface area contributed by atoms with Crippen molar-refractivity contribution in [2.24, 2.45) is 5.92 Å². The van der Waals surface area contributed by atoms with Crippen LogP contribution in [0, 0.1) is 5.92 Å². The Morgan fingerprint density at radius 3 is 2.10 bits per heavy atom. The fourth-order valence-electron chi connectivity index (χ4n) is 3.46. The maximum Gasteiger partial charge on any atom is 0.119 e. The zero-order valence-electron chi connectivity index (χ0n) is 18.7. The molecule has 1 aliphatic rings. The number of hydrogen-bond acceptors (Lipinski definition) is 6. The number of benzene rings is 1. The topological polar surface area (TPSA) is 77.4 Å². The summed E-state index contributed by atoms with van der Waals surface area (Å²) < 4.78 is 21.3. The Morgan fingerprint density at radius 2 is 1.53 bits per heavy atom. The molecule has 1 aromatic rings. The molecule has 0 spiro atoms. The zero-order chi connectivity index (χ0) is 22.1. The second-order valence-corrected chi connectivity index (χ2v) is 8.32. The fraction of sp³-hybridized carbons (Fsp3) is 0.583. The molecule has 0 amide bonds. The van der Waals surface area contributed by atoms with Gasteiger partial charge in [-0.3, -0.25) is 0 Å². The van der Waals surface area contributed by atoms with Gasteiger partial charge in [-0.25, -0.2) is 0 Å². The molecule has 6 heteroatoms. The average molecular weight is 421 g/mol. The van der Waals surface area contributed by atoms with Gasteiger partial charge in [0.2, 0.25) is 0 Å². The second-order valence-electron chi connectivity index (χ2n) is 8.32. The van der Waals surface area contributed by atoms with Gasteiger partial charge in [-0.15, -0.1) is 0 Å². The molecule has 0 saturated carbocycles. The maximum atomic E-state index is 9.79. The Hall–Kier alpha value is -1.70. The van der Waals surface area contributed by atoms with E-state index in [-0.39, 0.29) is 43.9 Å². The number of rotatable bonds is 12. The van der Waals surface area contributed by atoms with Crippen molar-refractivity contribution >= 4 is 0 Å². The number of ether oxygens (including phenoxy) is 4. The minimum absolute atomic E-state index is 0.0645. The molecule has 0 fully saturated rings. The van der Waals surface area contributed by atoms with E-state index >= 15 is 0 Å². The molecule has 1 aromatic carbocycles. The second kappa shape index (κ2) is 11.6. The van der Waals surface area contributed by atoms with Gasteiger partial charge in [-0.1, -0.05) is 51.1 Å². The third kappa shape index (κ3) is 6.93. The molecule has 30 heavy (non-hydrogen) atoms. The summed E-state index contributed by atoms with van der Waals surface area (Å²) in [7, 11) is 3.11. The average Bonchev–Trinajstić information content (AvgIpc) is 2.72. The molecule has 4 atom stereocenters. The molecule has 6 nitrogen and oxygen atoms in total. The lowest BCUT2D eigenvalue weighted by atomic mass is 9.74. The molecular formula is C24H36O6. The summed E-state index contributed by atoms with van der Waals surface area (Å²) in [6.07, 6.45) is 5.09. The molecule has 0 saturated heterocycles. The van der Waals surface area contributed by atoms with E-state index in [0.29, 0.717) is 5.75 Å². The van der Waals surface area contributed by atoms with Crippen LogP contribution in [0.25, 0.3) is 0 Å². The molecule has 2 N–H and O–H groups in total. The predicted molar refractivity (Wildman–Crippen MR) is 117 cm³/mol. The van der Waals surface area contributed by atoms with Crippen LogP contribution in [-0.4, -0.2) is 69.2 Å². The normalized spacial score (nSPS) is 21.2. The van der Waals surface area contributed by atoms with Gasteiger partial charge >= 0.3 is 0 Å². The highest BCUT2D eigenvalue weighted by Gasteiger charge is 2.28. The van der Waals surface area contributed by atoms with Crippen molar-refractivity contribution in [2.45, 2.75) is 44.5 Å². The largest absolute Gasteiger partial charge is 0.491 e. The molecule has 1 aliphatic carbocycles. The Bertz CT molecular complexity index is 694. The van der Waals surface area contributed by atoms with Crippen molar-refractivity contribution in [3.63, 3.8) is 0 Å². The van der Waals surface area contributed by atoms with Crippen LogP contribution in [0.15, 0.2) is 48.1 Å². The summed E-state index contributed by atoms with van der Waals surface area (Å²) in [5.41, 5.74) is 2.21. The molecule has 0 radical (unpaired) electrons. The van der Waals surface area contributed by atoms with Crippen molar-refractivity contribution < 1.29 is 29.2 Å². The summed E-state index contributed by atoms with van der Waals surface area (Å²) in [6.45, 7) is 7.47. The van der Waals surface area contributed by atoms with Crippen molar-refractivity contribution in [2.75, 3.05) is 40.6 Å². The molecule has 0 aromatic heterocycles. The monoisotopic (exact) mass is 420 g/mol. The van der Waals surface area contributed by atoms with Crippen molar-refractivity contribution in [1.82, 2.24) is 0 Å². The summed E-state index contributed by atoms with van der Waals surface area (Å²) in [5.74, 6) is 0.915. The SMILES string of the molecule is COCC(O)COc1ccc(C(C)(C)C2=CC(C)C(OCC(O)COC)C=C2)cc1. The van der Waals surface area contributed by atoms with Crippen LogP contribution in [0.1, 0.15) is 26.3 Å². The lowest BCUT2D eigenvalue weighted by Gasteiger charge is -2.32. The number of aliphatic hydroxyl groups excluding tert-OH is 2. The van der Waals surface area contributed by atoms with Gasteiger partial charge in [-0.05, 0) is 23.3 Å².